The van der Waals surface area contributed by atoms with Gasteiger partial charge < -0.3 is 15.2 Å². The van der Waals surface area contributed by atoms with Crippen molar-refractivity contribution >= 4 is 5.97 Å². The van der Waals surface area contributed by atoms with Crippen LogP contribution in [0.3, 0.4) is 0 Å². The van der Waals surface area contributed by atoms with E-state index in [-0.39, 0.29) is 6.10 Å². The molecule has 2 atom stereocenters. The van der Waals surface area contributed by atoms with Crippen molar-refractivity contribution in [1.29, 1.82) is 0 Å². The van der Waals surface area contributed by atoms with Crippen LogP contribution in [0.2, 0.25) is 0 Å². The monoisotopic (exact) mass is 217 g/mol. The van der Waals surface area contributed by atoms with E-state index in [4.69, 9.17) is 10.5 Å². The zero-order chi connectivity index (χ0) is 12.1. The van der Waals surface area contributed by atoms with Crippen molar-refractivity contribution in [1.82, 2.24) is 0 Å². The lowest BCUT2D eigenvalue weighted by Crippen LogP contribution is -2.46. The van der Waals surface area contributed by atoms with Crippen molar-refractivity contribution in [3.8, 4) is 0 Å². The SMILES string of the molecule is COC(=O)C(C)(N)CCOC(C)C(C)C. The molecule has 2 N–H and O–H groups in total. The molecule has 2 unspecified atom stereocenters. The van der Waals surface area contributed by atoms with Crippen molar-refractivity contribution in [3.05, 3.63) is 0 Å². The normalized spacial score (nSPS) is 17.3. The van der Waals surface area contributed by atoms with Crippen LogP contribution in [-0.4, -0.2) is 31.3 Å². The van der Waals surface area contributed by atoms with E-state index in [9.17, 15) is 4.79 Å². The van der Waals surface area contributed by atoms with Crippen LogP contribution in [0.5, 0.6) is 0 Å². The number of esters is 1. The maximum absolute atomic E-state index is 11.2. The van der Waals surface area contributed by atoms with Crippen LogP contribution in [0.25, 0.3) is 0 Å². The number of ether oxygens (including phenoxy) is 2. The molecular formula is C11H23NO3. The molecule has 4 heteroatoms. The Morgan fingerprint density at radius 3 is 2.33 bits per heavy atom. The van der Waals surface area contributed by atoms with Crippen LogP contribution >= 0.6 is 0 Å². The summed E-state index contributed by atoms with van der Waals surface area (Å²) in [5, 5.41) is 0. The van der Waals surface area contributed by atoms with Gasteiger partial charge in [-0.1, -0.05) is 13.8 Å². The van der Waals surface area contributed by atoms with Gasteiger partial charge in [-0.15, -0.1) is 0 Å². The summed E-state index contributed by atoms with van der Waals surface area (Å²) in [5.74, 6) is 0.0652. The van der Waals surface area contributed by atoms with Gasteiger partial charge in [0.15, 0.2) is 0 Å². The van der Waals surface area contributed by atoms with Crippen molar-refractivity contribution in [2.45, 2.75) is 45.8 Å². The highest BCUT2D eigenvalue weighted by Crippen LogP contribution is 2.11. The molecule has 4 nitrogen and oxygen atoms in total. The van der Waals surface area contributed by atoms with Gasteiger partial charge in [0, 0.05) is 6.61 Å². The average Bonchev–Trinajstić information content (AvgIpc) is 2.15. The van der Waals surface area contributed by atoms with Gasteiger partial charge in [0.25, 0.3) is 0 Å². The topological polar surface area (TPSA) is 61.5 Å². The summed E-state index contributed by atoms with van der Waals surface area (Å²) in [6.45, 7) is 8.32. The second-order valence-electron chi connectivity index (χ2n) is 4.48. The number of hydrogen-bond donors (Lipinski definition) is 1. The maximum Gasteiger partial charge on any atom is 0.325 e. The summed E-state index contributed by atoms with van der Waals surface area (Å²) in [7, 11) is 1.34. The lowest BCUT2D eigenvalue weighted by molar-refractivity contribution is -0.147. The molecule has 0 fully saturated rings. The van der Waals surface area contributed by atoms with Crippen molar-refractivity contribution < 1.29 is 14.3 Å². The van der Waals surface area contributed by atoms with Crippen molar-refractivity contribution in [3.63, 3.8) is 0 Å². The van der Waals surface area contributed by atoms with Crippen molar-refractivity contribution in [2.75, 3.05) is 13.7 Å². The predicted molar refractivity (Wildman–Crippen MR) is 59.5 cm³/mol. The first-order valence-corrected chi connectivity index (χ1v) is 5.30. The predicted octanol–water partition coefficient (Wildman–Crippen LogP) is 1.33. The molecule has 0 bridgehead atoms. The third kappa shape index (κ3) is 5.14. The first kappa shape index (κ1) is 14.4. The van der Waals surface area contributed by atoms with Crippen molar-refractivity contribution in [2.24, 2.45) is 11.7 Å². The molecule has 0 heterocycles. The van der Waals surface area contributed by atoms with Crippen LogP contribution in [0.4, 0.5) is 0 Å². The van der Waals surface area contributed by atoms with Crippen LogP contribution in [-0.2, 0) is 14.3 Å². The molecule has 0 radical (unpaired) electrons. The lowest BCUT2D eigenvalue weighted by atomic mass is 10.0. The van der Waals surface area contributed by atoms with Crippen LogP contribution in [0.15, 0.2) is 0 Å². The van der Waals surface area contributed by atoms with E-state index in [1.54, 1.807) is 6.92 Å². The Labute approximate surface area is 92.1 Å². The van der Waals surface area contributed by atoms with Gasteiger partial charge in [0.2, 0.25) is 0 Å². The quantitative estimate of drug-likeness (QED) is 0.682. The first-order chi connectivity index (χ1) is 6.81. The first-order valence-electron chi connectivity index (χ1n) is 5.30. The average molecular weight is 217 g/mol. The fraction of sp³-hybridized carbons (Fsp3) is 0.909. The zero-order valence-corrected chi connectivity index (χ0v) is 10.4. The molecule has 15 heavy (non-hydrogen) atoms. The van der Waals surface area contributed by atoms with Gasteiger partial charge in [-0.05, 0) is 26.2 Å². The van der Waals surface area contributed by atoms with E-state index in [2.05, 4.69) is 18.6 Å². The van der Waals surface area contributed by atoms with E-state index < -0.39 is 11.5 Å². The summed E-state index contributed by atoms with van der Waals surface area (Å²) < 4.78 is 10.1. The molecule has 0 spiro atoms. The summed E-state index contributed by atoms with van der Waals surface area (Å²) in [5.41, 5.74) is 4.83. The Morgan fingerprint density at radius 2 is 1.93 bits per heavy atom. The zero-order valence-electron chi connectivity index (χ0n) is 10.4. The van der Waals surface area contributed by atoms with E-state index in [1.807, 2.05) is 6.92 Å². The van der Waals surface area contributed by atoms with Crippen LogP contribution in [0, 0.1) is 5.92 Å². The molecule has 0 aromatic rings. The Bertz CT molecular complexity index is 202. The fourth-order valence-electron chi connectivity index (χ4n) is 0.985. The Kier molecular flexibility index (Phi) is 5.83. The van der Waals surface area contributed by atoms with E-state index in [0.29, 0.717) is 18.9 Å². The summed E-state index contributed by atoms with van der Waals surface area (Å²) in [4.78, 5) is 11.2. The molecular weight excluding hydrogens is 194 g/mol. The minimum absolute atomic E-state index is 0.179. The number of carbonyl (C=O) groups is 1. The van der Waals surface area contributed by atoms with Crippen LogP contribution in [0.1, 0.15) is 34.1 Å². The standard InChI is InChI=1S/C11H23NO3/c1-8(2)9(3)15-7-6-11(4,12)10(13)14-5/h8-9H,6-7,12H2,1-5H3. The van der Waals surface area contributed by atoms with E-state index in [1.165, 1.54) is 7.11 Å². The lowest BCUT2D eigenvalue weighted by Gasteiger charge is -2.23. The summed E-state index contributed by atoms with van der Waals surface area (Å²) in [6, 6.07) is 0. The summed E-state index contributed by atoms with van der Waals surface area (Å²) >= 11 is 0. The Balaban J connectivity index is 3.90. The minimum Gasteiger partial charge on any atom is -0.468 e. The molecule has 0 aliphatic rings. The van der Waals surface area contributed by atoms with Gasteiger partial charge in [0.1, 0.15) is 5.54 Å². The molecule has 0 aromatic heterocycles. The Morgan fingerprint density at radius 1 is 1.40 bits per heavy atom. The number of carbonyl (C=O) groups excluding carboxylic acids is 1. The van der Waals surface area contributed by atoms with E-state index in [0.717, 1.165) is 0 Å². The number of nitrogens with two attached hydrogens (primary N) is 1. The molecule has 0 saturated carbocycles. The molecule has 0 rings (SSSR count). The highest BCUT2D eigenvalue weighted by atomic mass is 16.5. The minimum atomic E-state index is -0.953. The maximum atomic E-state index is 11.2. The molecule has 0 saturated heterocycles. The second-order valence-corrected chi connectivity index (χ2v) is 4.48. The molecule has 90 valence electrons. The smallest absolute Gasteiger partial charge is 0.325 e. The third-order valence-corrected chi connectivity index (χ3v) is 2.59. The highest BCUT2D eigenvalue weighted by molar-refractivity contribution is 5.79. The van der Waals surface area contributed by atoms with Crippen LogP contribution < -0.4 is 5.73 Å². The fourth-order valence-corrected chi connectivity index (χ4v) is 0.985. The number of hydrogen-bond acceptors (Lipinski definition) is 4. The van der Waals surface area contributed by atoms with E-state index >= 15 is 0 Å². The third-order valence-electron chi connectivity index (χ3n) is 2.59. The molecule has 0 aromatic carbocycles. The second kappa shape index (κ2) is 6.08. The van der Waals surface area contributed by atoms with Gasteiger partial charge in [-0.25, -0.2) is 0 Å². The van der Waals surface area contributed by atoms with Gasteiger partial charge in [-0.2, -0.15) is 0 Å². The van der Waals surface area contributed by atoms with Gasteiger partial charge in [-0.3, -0.25) is 4.79 Å². The molecule has 0 aliphatic carbocycles. The molecule has 0 aliphatic heterocycles. The Hall–Kier alpha value is -0.610. The van der Waals surface area contributed by atoms with Gasteiger partial charge in [0.05, 0.1) is 13.2 Å². The highest BCUT2D eigenvalue weighted by Gasteiger charge is 2.29. The molecule has 0 amide bonds. The van der Waals surface area contributed by atoms with Gasteiger partial charge >= 0.3 is 5.97 Å². The summed E-state index contributed by atoms with van der Waals surface area (Å²) in [6.07, 6.45) is 0.648. The largest absolute Gasteiger partial charge is 0.468 e. The number of methoxy groups -OCH3 is 1. The number of rotatable bonds is 6.